The number of carbonyl (C=O) groups excluding carboxylic acids is 2. The van der Waals surface area contributed by atoms with E-state index in [9.17, 15) is 18.0 Å². The third-order valence-electron chi connectivity index (χ3n) is 4.06. The molecule has 1 aromatic carbocycles. The Morgan fingerprint density at radius 2 is 1.91 bits per heavy atom. The summed E-state index contributed by atoms with van der Waals surface area (Å²) < 4.78 is 25.8. The van der Waals surface area contributed by atoms with Gasteiger partial charge in [0.1, 0.15) is 6.04 Å². The fourth-order valence-electron chi connectivity index (χ4n) is 3.02. The van der Waals surface area contributed by atoms with Gasteiger partial charge in [-0.05, 0) is 24.1 Å². The Labute approximate surface area is 134 Å². The van der Waals surface area contributed by atoms with Gasteiger partial charge in [-0.2, -0.15) is 0 Å². The highest BCUT2D eigenvalue weighted by Crippen LogP contribution is 2.36. The van der Waals surface area contributed by atoms with E-state index in [2.05, 4.69) is 10.6 Å². The normalized spacial score (nSPS) is 23.9. The topological polar surface area (TPSA) is 95.6 Å². The number of hydrogen-bond donors (Lipinski definition) is 2. The van der Waals surface area contributed by atoms with Gasteiger partial charge in [-0.1, -0.05) is 24.3 Å². The molecule has 2 atom stereocenters. The number of para-hydroxylation sites is 1. The average Bonchev–Trinajstić information content (AvgIpc) is 2.76. The van der Waals surface area contributed by atoms with Crippen LogP contribution in [0.25, 0.3) is 6.08 Å². The Hall–Kier alpha value is -2.35. The van der Waals surface area contributed by atoms with Crippen LogP contribution in [0.3, 0.4) is 0 Å². The van der Waals surface area contributed by atoms with Crippen LogP contribution in [0.15, 0.2) is 29.8 Å². The third kappa shape index (κ3) is 2.81. The molecular weight excluding hydrogens is 318 g/mol. The largest absolute Gasteiger partial charge is 0.326 e. The lowest BCUT2D eigenvalue weighted by Gasteiger charge is -2.36. The van der Waals surface area contributed by atoms with Crippen LogP contribution in [-0.2, 0) is 14.8 Å². The number of urea groups is 1. The summed E-state index contributed by atoms with van der Waals surface area (Å²) >= 11 is 0. The zero-order valence-electron chi connectivity index (χ0n) is 12.7. The quantitative estimate of drug-likeness (QED) is 0.800. The van der Waals surface area contributed by atoms with Crippen molar-refractivity contribution in [2.24, 2.45) is 0 Å². The van der Waals surface area contributed by atoms with Crippen molar-refractivity contribution >= 4 is 33.7 Å². The molecule has 0 aliphatic carbocycles. The number of benzene rings is 1. The maximum Gasteiger partial charge on any atom is 0.322 e. The molecule has 2 N–H and O–H groups in total. The van der Waals surface area contributed by atoms with Crippen LogP contribution in [0.2, 0.25) is 0 Å². The first-order chi connectivity index (χ1) is 10.8. The fourth-order valence-corrected chi connectivity index (χ4v) is 4.26. The number of imide groups is 1. The van der Waals surface area contributed by atoms with Crippen LogP contribution in [0.5, 0.6) is 0 Å². The van der Waals surface area contributed by atoms with Crippen molar-refractivity contribution in [3.63, 3.8) is 0 Å². The zero-order valence-corrected chi connectivity index (χ0v) is 13.6. The van der Waals surface area contributed by atoms with Gasteiger partial charge in [0.05, 0.1) is 18.0 Å². The Kier molecular flexibility index (Phi) is 3.63. The lowest BCUT2D eigenvalue weighted by atomic mass is 9.93. The highest BCUT2D eigenvalue weighted by molar-refractivity contribution is 7.92. The summed E-state index contributed by atoms with van der Waals surface area (Å²) in [5.74, 6) is -0.395. The molecule has 3 rings (SSSR count). The number of rotatable bonds is 3. The minimum Gasteiger partial charge on any atom is -0.326 e. The molecule has 122 valence electrons. The molecule has 2 aliphatic rings. The second-order valence-electron chi connectivity index (χ2n) is 5.73. The van der Waals surface area contributed by atoms with Crippen molar-refractivity contribution in [1.82, 2.24) is 10.6 Å². The van der Waals surface area contributed by atoms with Gasteiger partial charge in [0, 0.05) is 6.42 Å². The predicted octanol–water partition coefficient (Wildman–Crippen LogP) is 0.836. The first-order valence-electron chi connectivity index (χ1n) is 7.17. The minimum atomic E-state index is -3.47. The standard InChI is InChI=1S/C15H17N3O4S/c1-9-11(8-12-14(19)17-15(20)16-12)7-10-5-3-4-6-13(10)18(9)23(2,21)22/h3-7,9,12H,8H2,1-2H3,(H2,16,17,19,20)/t9-,12?/m1/s1. The minimum absolute atomic E-state index is 0.263. The summed E-state index contributed by atoms with van der Waals surface area (Å²) in [5.41, 5.74) is 2.17. The molecular formula is C15H17N3O4S. The highest BCUT2D eigenvalue weighted by atomic mass is 32.2. The van der Waals surface area contributed by atoms with E-state index in [4.69, 9.17) is 0 Å². The maximum absolute atomic E-state index is 12.2. The van der Waals surface area contributed by atoms with E-state index in [0.717, 1.165) is 17.4 Å². The van der Waals surface area contributed by atoms with Gasteiger partial charge in [0.25, 0.3) is 5.91 Å². The molecule has 0 aromatic heterocycles. The van der Waals surface area contributed by atoms with Crippen molar-refractivity contribution in [1.29, 1.82) is 0 Å². The number of nitrogens with zero attached hydrogens (tertiary/aromatic N) is 1. The monoisotopic (exact) mass is 335 g/mol. The second-order valence-corrected chi connectivity index (χ2v) is 7.59. The number of amides is 3. The molecule has 1 unspecified atom stereocenters. The Morgan fingerprint density at radius 1 is 1.22 bits per heavy atom. The van der Waals surface area contributed by atoms with Gasteiger partial charge in [0.15, 0.2) is 0 Å². The number of nitrogens with one attached hydrogen (secondary N) is 2. The molecule has 0 saturated carbocycles. The molecule has 2 heterocycles. The van der Waals surface area contributed by atoms with Crippen LogP contribution in [0.1, 0.15) is 18.9 Å². The van der Waals surface area contributed by atoms with E-state index in [1.807, 2.05) is 18.2 Å². The van der Waals surface area contributed by atoms with E-state index >= 15 is 0 Å². The lowest BCUT2D eigenvalue weighted by Crippen LogP contribution is -2.43. The number of anilines is 1. The fraction of sp³-hybridized carbons (Fsp3) is 0.333. The molecule has 0 radical (unpaired) electrons. The van der Waals surface area contributed by atoms with Crippen molar-refractivity contribution in [2.75, 3.05) is 10.6 Å². The second kappa shape index (κ2) is 5.38. The van der Waals surface area contributed by atoms with Gasteiger partial charge in [-0.3, -0.25) is 14.4 Å². The lowest BCUT2D eigenvalue weighted by molar-refractivity contribution is -0.120. The van der Waals surface area contributed by atoms with E-state index < -0.39 is 34.0 Å². The summed E-state index contributed by atoms with van der Waals surface area (Å²) in [6, 6.07) is 5.56. The van der Waals surface area contributed by atoms with Crippen molar-refractivity contribution in [3.05, 3.63) is 35.4 Å². The smallest absolute Gasteiger partial charge is 0.322 e. The molecule has 3 amide bonds. The van der Waals surface area contributed by atoms with E-state index in [1.54, 1.807) is 19.1 Å². The first kappa shape index (κ1) is 15.5. The first-order valence-corrected chi connectivity index (χ1v) is 9.02. The van der Waals surface area contributed by atoms with Crippen LogP contribution < -0.4 is 14.9 Å². The molecule has 1 saturated heterocycles. The summed E-state index contributed by atoms with van der Waals surface area (Å²) in [7, 11) is -3.47. The van der Waals surface area contributed by atoms with Gasteiger partial charge >= 0.3 is 6.03 Å². The molecule has 0 bridgehead atoms. The van der Waals surface area contributed by atoms with Gasteiger partial charge in [-0.25, -0.2) is 13.2 Å². The average molecular weight is 335 g/mol. The van der Waals surface area contributed by atoms with Crippen molar-refractivity contribution < 1.29 is 18.0 Å². The van der Waals surface area contributed by atoms with E-state index in [-0.39, 0.29) is 6.42 Å². The Morgan fingerprint density at radius 3 is 2.52 bits per heavy atom. The van der Waals surface area contributed by atoms with E-state index in [1.165, 1.54) is 4.31 Å². The number of hydrogen-bond acceptors (Lipinski definition) is 4. The maximum atomic E-state index is 12.2. The van der Waals surface area contributed by atoms with Crippen LogP contribution in [0.4, 0.5) is 10.5 Å². The molecule has 8 heteroatoms. The summed E-state index contributed by atoms with van der Waals surface area (Å²) in [4.78, 5) is 23.0. The zero-order chi connectivity index (χ0) is 16.8. The molecule has 1 fully saturated rings. The number of carbonyl (C=O) groups is 2. The van der Waals surface area contributed by atoms with Crippen LogP contribution >= 0.6 is 0 Å². The molecule has 2 aliphatic heterocycles. The molecule has 23 heavy (non-hydrogen) atoms. The van der Waals surface area contributed by atoms with Crippen molar-refractivity contribution in [2.45, 2.75) is 25.4 Å². The SMILES string of the molecule is C[C@@H]1C(CC2NC(=O)NC2=O)=Cc2ccccc2N1S(C)(=O)=O. The summed E-state index contributed by atoms with van der Waals surface area (Å²) in [5, 5.41) is 4.72. The Balaban J connectivity index is 2.00. The predicted molar refractivity (Wildman–Crippen MR) is 86.3 cm³/mol. The van der Waals surface area contributed by atoms with Gasteiger partial charge < -0.3 is 5.32 Å². The third-order valence-corrected chi connectivity index (χ3v) is 5.29. The Bertz CT molecular complexity index is 816. The summed E-state index contributed by atoms with van der Waals surface area (Å²) in [6.45, 7) is 1.78. The molecule has 7 nitrogen and oxygen atoms in total. The van der Waals surface area contributed by atoms with Crippen molar-refractivity contribution in [3.8, 4) is 0 Å². The molecule has 1 aromatic rings. The highest BCUT2D eigenvalue weighted by Gasteiger charge is 2.36. The van der Waals surface area contributed by atoms with E-state index in [0.29, 0.717) is 5.69 Å². The summed E-state index contributed by atoms with van der Waals surface area (Å²) in [6.07, 6.45) is 3.31. The van der Waals surface area contributed by atoms with Crippen LogP contribution in [-0.4, -0.2) is 38.7 Å². The number of sulfonamides is 1. The number of fused-ring (bicyclic) bond motifs is 1. The van der Waals surface area contributed by atoms with Crippen LogP contribution in [0, 0.1) is 0 Å². The molecule has 0 spiro atoms. The van der Waals surface area contributed by atoms with Gasteiger partial charge in [0.2, 0.25) is 10.0 Å². The van der Waals surface area contributed by atoms with Gasteiger partial charge in [-0.15, -0.1) is 0 Å².